The number of carbonyl (C=O) groups is 1. The van der Waals surface area contributed by atoms with Crippen LogP contribution in [0.1, 0.15) is 39.0 Å². The summed E-state index contributed by atoms with van der Waals surface area (Å²) in [5, 5.41) is 0. The minimum absolute atomic E-state index is 0.0634. The van der Waals surface area contributed by atoms with Gasteiger partial charge >= 0.3 is 42.1 Å². The molecule has 0 heterocycles. The van der Waals surface area contributed by atoms with Crippen molar-refractivity contribution in [2.75, 3.05) is 0 Å². The summed E-state index contributed by atoms with van der Waals surface area (Å²) < 4.78 is 161. The molecule has 0 aliphatic heterocycles. The first-order valence-corrected chi connectivity index (χ1v) is 7.92. The van der Waals surface area contributed by atoms with Gasteiger partial charge < -0.3 is 10.5 Å². The van der Waals surface area contributed by atoms with E-state index in [4.69, 9.17) is 0 Å². The van der Waals surface area contributed by atoms with Crippen LogP contribution in [0.3, 0.4) is 0 Å². The van der Waals surface area contributed by atoms with Crippen LogP contribution in [-0.4, -0.2) is 48.2 Å². The third-order valence-electron chi connectivity index (χ3n) is 3.84. The van der Waals surface area contributed by atoms with Gasteiger partial charge in [-0.1, -0.05) is 19.8 Å². The fraction of sp³-hybridized carbons (Fsp3) is 0.929. The number of rotatable bonds is 12. The quantitative estimate of drug-likeness (QED) is 0.294. The summed E-state index contributed by atoms with van der Waals surface area (Å²) in [7, 11) is 0. The Morgan fingerprint density at radius 2 is 1.34 bits per heavy atom. The number of halogens is 12. The molecule has 29 heavy (non-hydrogen) atoms. The van der Waals surface area contributed by atoms with Crippen LogP contribution in [0.15, 0.2) is 0 Å². The molecule has 0 radical (unpaired) electrons. The molecule has 0 aromatic heterocycles. The van der Waals surface area contributed by atoms with Crippen LogP contribution in [0.4, 0.5) is 57.5 Å². The smallest absolute Gasteiger partial charge is 0.404 e. The number of alkyl halides is 12. The van der Waals surface area contributed by atoms with Crippen molar-refractivity contribution < 1.29 is 62.2 Å². The summed E-state index contributed by atoms with van der Waals surface area (Å²) >= 11 is 0. The zero-order chi connectivity index (χ0) is 23.5. The molecule has 0 saturated heterocycles. The SMILES string of the molecule is CCCCCC(CC(F)(F)C(F)(F)C(F)(F)C(F)(F)C(F)(F)C(F)F)OC(N)=O. The number of amides is 1. The maximum Gasteiger partial charge on any atom is 0.404 e. The molecule has 0 aromatic rings. The number of ether oxygens (including phenoxy) is 1. The van der Waals surface area contributed by atoms with E-state index < -0.39 is 61.1 Å². The molecule has 0 aromatic carbocycles. The fourth-order valence-corrected chi connectivity index (χ4v) is 2.18. The Bertz CT molecular complexity index is 553. The van der Waals surface area contributed by atoms with Crippen molar-refractivity contribution in [1.29, 1.82) is 0 Å². The lowest BCUT2D eigenvalue weighted by Crippen LogP contribution is -2.68. The first kappa shape index (κ1) is 27.4. The van der Waals surface area contributed by atoms with Gasteiger partial charge in [0, 0.05) is 0 Å². The van der Waals surface area contributed by atoms with Crippen molar-refractivity contribution in [3.63, 3.8) is 0 Å². The monoisotopic (exact) mass is 459 g/mol. The molecule has 2 N–H and O–H groups in total. The number of carbonyl (C=O) groups excluding carboxylic acids is 1. The summed E-state index contributed by atoms with van der Waals surface area (Å²) in [5.41, 5.74) is 4.53. The summed E-state index contributed by atoms with van der Waals surface area (Å²) in [6, 6.07) is 0. The van der Waals surface area contributed by atoms with Gasteiger partial charge in [-0.25, -0.2) is 13.6 Å². The predicted octanol–water partition coefficient (Wildman–Crippen LogP) is 5.86. The van der Waals surface area contributed by atoms with Crippen LogP contribution in [0.5, 0.6) is 0 Å². The van der Waals surface area contributed by atoms with Crippen LogP contribution in [-0.2, 0) is 4.74 Å². The zero-order valence-electron chi connectivity index (χ0n) is 14.6. The molecule has 1 amide bonds. The molecule has 0 bridgehead atoms. The standard InChI is InChI=1S/C14H17F12NO2/c1-2-3-4-5-7(29-9(27)28)6-10(17,18)12(21,22)14(25,26)13(23,24)11(19,20)8(15)16/h7-8H,2-6H2,1H3,(H2,27,28). The normalized spacial score (nSPS) is 15.5. The van der Waals surface area contributed by atoms with Gasteiger partial charge in [-0.3, -0.25) is 0 Å². The van der Waals surface area contributed by atoms with Crippen molar-refractivity contribution in [2.45, 2.75) is 81.2 Å². The summed E-state index contributed by atoms with van der Waals surface area (Å²) in [4.78, 5) is 10.7. The molecule has 174 valence electrons. The van der Waals surface area contributed by atoms with Crippen molar-refractivity contribution in [1.82, 2.24) is 0 Å². The lowest BCUT2D eigenvalue weighted by Gasteiger charge is -2.39. The molecular formula is C14H17F12NO2. The average Bonchev–Trinajstić information content (AvgIpc) is 2.53. The summed E-state index contributed by atoms with van der Waals surface area (Å²) in [5.74, 6) is -35.6. The maximum atomic E-state index is 13.8. The Hall–Kier alpha value is -1.57. The first-order chi connectivity index (χ1) is 12.8. The minimum atomic E-state index is -7.61. The number of primary amides is 1. The van der Waals surface area contributed by atoms with Gasteiger partial charge in [-0.15, -0.1) is 0 Å². The second kappa shape index (κ2) is 9.06. The first-order valence-electron chi connectivity index (χ1n) is 7.92. The second-order valence-corrected chi connectivity index (χ2v) is 6.11. The number of unbranched alkanes of at least 4 members (excludes halogenated alkanes) is 2. The lowest BCUT2D eigenvalue weighted by molar-refractivity contribution is -0.414. The van der Waals surface area contributed by atoms with Crippen molar-refractivity contribution in [2.24, 2.45) is 5.73 Å². The van der Waals surface area contributed by atoms with Gasteiger partial charge in [0.25, 0.3) is 0 Å². The van der Waals surface area contributed by atoms with Crippen LogP contribution in [0, 0.1) is 0 Å². The maximum absolute atomic E-state index is 13.8. The molecule has 0 rings (SSSR count). The third kappa shape index (κ3) is 5.32. The Morgan fingerprint density at radius 3 is 1.72 bits per heavy atom. The van der Waals surface area contributed by atoms with E-state index in [0.29, 0.717) is 6.42 Å². The highest BCUT2D eigenvalue weighted by molar-refractivity contribution is 5.64. The molecule has 0 aliphatic carbocycles. The largest absolute Gasteiger partial charge is 0.446 e. The van der Waals surface area contributed by atoms with Gasteiger partial charge in [0.2, 0.25) is 0 Å². The minimum Gasteiger partial charge on any atom is -0.446 e. The van der Waals surface area contributed by atoms with Gasteiger partial charge in [0.05, 0.1) is 6.42 Å². The molecule has 0 saturated carbocycles. The van der Waals surface area contributed by atoms with Gasteiger partial charge in [-0.2, -0.15) is 43.9 Å². The fourth-order valence-electron chi connectivity index (χ4n) is 2.18. The Kier molecular flexibility index (Phi) is 8.57. The molecule has 15 heteroatoms. The third-order valence-corrected chi connectivity index (χ3v) is 3.84. The lowest BCUT2D eigenvalue weighted by atomic mass is 9.91. The van der Waals surface area contributed by atoms with E-state index in [-0.39, 0.29) is 12.8 Å². The Labute approximate surface area is 156 Å². The number of nitrogens with two attached hydrogens (primary N) is 1. The van der Waals surface area contributed by atoms with E-state index in [0.717, 1.165) is 0 Å². The average molecular weight is 459 g/mol. The van der Waals surface area contributed by atoms with Crippen molar-refractivity contribution in [3.8, 4) is 0 Å². The van der Waals surface area contributed by atoms with Crippen LogP contribution < -0.4 is 5.73 Å². The molecular weight excluding hydrogens is 442 g/mol. The second-order valence-electron chi connectivity index (χ2n) is 6.11. The summed E-state index contributed by atoms with van der Waals surface area (Å²) in [6.07, 6.45) is -12.1. The van der Waals surface area contributed by atoms with Crippen molar-refractivity contribution >= 4 is 6.09 Å². The Balaban J connectivity index is 5.92. The van der Waals surface area contributed by atoms with Crippen LogP contribution in [0.25, 0.3) is 0 Å². The topological polar surface area (TPSA) is 52.3 Å². The van der Waals surface area contributed by atoms with E-state index in [1.165, 1.54) is 0 Å². The molecule has 3 nitrogen and oxygen atoms in total. The van der Waals surface area contributed by atoms with E-state index in [1.54, 1.807) is 6.92 Å². The van der Waals surface area contributed by atoms with Crippen LogP contribution in [0.2, 0.25) is 0 Å². The predicted molar refractivity (Wildman–Crippen MR) is 74.0 cm³/mol. The molecule has 1 atom stereocenters. The van der Waals surface area contributed by atoms with Gasteiger partial charge in [-0.05, 0) is 12.8 Å². The van der Waals surface area contributed by atoms with E-state index in [2.05, 4.69) is 10.5 Å². The van der Waals surface area contributed by atoms with E-state index in [1.807, 2.05) is 0 Å². The van der Waals surface area contributed by atoms with Gasteiger partial charge in [0.1, 0.15) is 6.10 Å². The summed E-state index contributed by atoms with van der Waals surface area (Å²) in [6.45, 7) is 1.61. The molecule has 0 fully saturated rings. The highest BCUT2D eigenvalue weighted by atomic mass is 19.4. The highest BCUT2D eigenvalue weighted by Gasteiger charge is 2.87. The number of hydrogen-bond acceptors (Lipinski definition) is 2. The van der Waals surface area contributed by atoms with Crippen LogP contribution >= 0.6 is 0 Å². The molecule has 0 aliphatic rings. The van der Waals surface area contributed by atoms with Gasteiger partial charge in [0.15, 0.2) is 0 Å². The number of hydrogen-bond donors (Lipinski definition) is 1. The van der Waals surface area contributed by atoms with Crippen molar-refractivity contribution in [3.05, 3.63) is 0 Å². The molecule has 0 spiro atoms. The highest BCUT2D eigenvalue weighted by Crippen LogP contribution is 2.59. The van der Waals surface area contributed by atoms with E-state index in [9.17, 15) is 57.5 Å². The molecule has 1 unspecified atom stereocenters. The zero-order valence-corrected chi connectivity index (χ0v) is 14.6. The van der Waals surface area contributed by atoms with E-state index >= 15 is 0 Å². The Morgan fingerprint density at radius 1 is 0.862 bits per heavy atom.